The summed E-state index contributed by atoms with van der Waals surface area (Å²) in [4.78, 5) is 28.7. The number of nitro groups is 1. The number of fused-ring (bicyclic) bond motifs is 1. The number of nitrogens with one attached hydrogen (secondary N) is 1. The highest BCUT2D eigenvalue weighted by Crippen LogP contribution is 2.31. The third kappa shape index (κ3) is 4.78. The molecule has 0 atom stereocenters. The maximum absolute atomic E-state index is 12.9. The van der Waals surface area contributed by atoms with Crippen molar-refractivity contribution in [1.82, 2.24) is 10.1 Å². The SMILES string of the molecule is Cc1noc(C)c1CN1CCN(c2ccc(C(=O)Nc3ccc4ccccc4c3)cc2[N+](=O)[O-])CC1. The van der Waals surface area contributed by atoms with Gasteiger partial charge in [-0.2, -0.15) is 0 Å². The number of carbonyl (C=O) groups excluding carboxylic acids is 1. The first-order chi connectivity index (χ1) is 17.4. The summed E-state index contributed by atoms with van der Waals surface area (Å²) in [5, 5.41) is 20.9. The van der Waals surface area contributed by atoms with Crippen LogP contribution in [0.1, 0.15) is 27.4 Å². The molecule has 1 saturated heterocycles. The molecule has 1 aromatic heterocycles. The lowest BCUT2D eigenvalue weighted by molar-refractivity contribution is -0.384. The molecule has 1 fully saturated rings. The number of anilines is 2. The van der Waals surface area contributed by atoms with Crippen LogP contribution in [0.5, 0.6) is 0 Å². The molecule has 9 heteroatoms. The zero-order valence-electron chi connectivity index (χ0n) is 20.2. The van der Waals surface area contributed by atoms with E-state index < -0.39 is 4.92 Å². The van der Waals surface area contributed by atoms with Crippen molar-refractivity contribution in [1.29, 1.82) is 0 Å². The van der Waals surface area contributed by atoms with Crippen LogP contribution in [-0.4, -0.2) is 47.1 Å². The third-order valence-corrected chi connectivity index (χ3v) is 6.72. The van der Waals surface area contributed by atoms with Gasteiger partial charge in [-0.05, 0) is 48.9 Å². The Kier molecular flexibility index (Phi) is 6.39. The van der Waals surface area contributed by atoms with E-state index in [1.807, 2.05) is 61.2 Å². The average molecular weight is 486 g/mol. The van der Waals surface area contributed by atoms with Crippen LogP contribution in [0.25, 0.3) is 10.8 Å². The van der Waals surface area contributed by atoms with Crippen LogP contribution in [0.4, 0.5) is 17.1 Å². The fourth-order valence-electron chi connectivity index (χ4n) is 4.65. The van der Waals surface area contributed by atoms with Gasteiger partial charge in [0, 0.05) is 55.6 Å². The Morgan fingerprint density at radius 1 is 1.03 bits per heavy atom. The number of aryl methyl sites for hydroxylation is 2. The fraction of sp³-hybridized carbons (Fsp3) is 0.259. The summed E-state index contributed by atoms with van der Waals surface area (Å²) in [5.74, 6) is 0.437. The number of rotatable bonds is 6. The van der Waals surface area contributed by atoms with E-state index >= 15 is 0 Å². The Morgan fingerprint density at radius 3 is 2.47 bits per heavy atom. The molecule has 1 amide bonds. The second kappa shape index (κ2) is 9.79. The molecule has 9 nitrogen and oxygen atoms in total. The van der Waals surface area contributed by atoms with E-state index in [4.69, 9.17) is 4.52 Å². The smallest absolute Gasteiger partial charge is 0.293 e. The van der Waals surface area contributed by atoms with Gasteiger partial charge in [0.05, 0.1) is 10.6 Å². The summed E-state index contributed by atoms with van der Waals surface area (Å²) in [5.41, 5.74) is 3.33. The predicted molar refractivity (Wildman–Crippen MR) is 138 cm³/mol. The summed E-state index contributed by atoms with van der Waals surface area (Å²) < 4.78 is 5.26. The largest absolute Gasteiger partial charge is 0.363 e. The molecule has 2 heterocycles. The summed E-state index contributed by atoms with van der Waals surface area (Å²) in [6.45, 7) is 7.39. The zero-order chi connectivity index (χ0) is 25.2. The van der Waals surface area contributed by atoms with Crippen molar-refractivity contribution in [3.8, 4) is 0 Å². The minimum atomic E-state index is -0.418. The molecule has 0 aliphatic carbocycles. The Bertz CT molecular complexity index is 1420. The molecule has 184 valence electrons. The van der Waals surface area contributed by atoms with E-state index in [1.165, 1.54) is 6.07 Å². The molecule has 5 rings (SSSR count). The van der Waals surface area contributed by atoms with Crippen molar-refractivity contribution < 1.29 is 14.2 Å². The van der Waals surface area contributed by atoms with E-state index in [1.54, 1.807) is 12.1 Å². The van der Waals surface area contributed by atoms with Crippen LogP contribution in [0.15, 0.2) is 65.2 Å². The lowest BCUT2D eigenvalue weighted by atomic mass is 10.1. The maximum atomic E-state index is 12.9. The van der Waals surface area contributed by atoms with Crippen LogP contribution < -0.4 is 10.2 Å². The van der Waals surface area contributed by atoms with Gasteiger partial charge >= 0.3 is 0 Å². The third-order valence-electron chi connectivity index (χ3n) is 6.72. The van der Waals surface area contributed by atoms with E-state index in [9.17, 15) is 14.9 Å². The quantitative estimate of drug-likeness (QED) is 0.305. The molecule has 0 saturated carbocycles. The molecule has 4 aromatic rings. The van der Waals surface area contributed by atoms with Gasteiger partial charge in [0.2, 0.25) is 0 Å². The Labute approximate surface area is 208 Å². The molecule has 0 unspecified atom stereocenters. The molecular formula is C27H27N5O4. The molecule has 0 radical (unpaired) electrons. The number of piperazine rings is 1. The lowest BCUT2D eigenvalue weighted by Gasteiger charge is -2.35. The highest BCUT2D eigenvalue weighted by Gasteiger charge is 2.26. The average Bonchev–Trinajstić information content (AvgIpc) is 3.20. The van der Waals surface area contributed by atoms with Crippen LogP contribution in [-0.2, 0) is 6.54 Å². The minimum Gasteiger partial charge on any atom is -0.363 e. The number of benzene rings is 3. The van der Waals surface area contributed by atoms with Crippen molar-refractivity contribution in [2.75, 3.05) is 36.4 Å². The Morgan fingerprint density at radius 2 is 1.78 bits per heavy atom. The Balaban J connectivity index is 1.29. The highest BCUT2D eigenvalue weighted by atomic mass is 16.6. The highest BCUT2D eigenvalue weighted by molar-refractivity contribution is 6.06. The summed E-state index contributed by atoms with van der Waals surface area (Å²) in [7, 11) is 0. The monoisotopic (exact) mass is 485 g/mol. The van der Waals surface area contributed by atoms with E-state index in [2.05, 4.69) is 15.4 Å². The number of hydrogen-bond acceptors (Lipinski definition) is 7. The van der Waals surface area contributed by atoms with Crippen molar-refractivity contribution in [2.45, 2.75) is 20.4 Å². The van der Waals surface area contributed by atoms with E-state index in [0.717, 1.165) is 47.4 Å². The lowest BCUT2D eigenvalue weighted by Crippen LogP contribution is -2.46. The number of aromatic nitrogens is 1. The van der Waals surface area contributed by atoms with Gasteiger partial charge in [-0.15, -0.1) is 0 Å². The van der Waals surface area contributed by atoms with Gasteiger partial charge in [0.15, 0.2) is 0 Å². The summed E-state index contributed by atoms with van der Waals surface area (Å²) in [6.07, 6.45) is 0. The van der Waals surface area contributed by atoms with Crippen LogP contribution in [0, 0.1) is 24.0 Å². The van der Waals surface area contributed by atoms with Crippen molar-refractivity contribution in [2.24, 2.45) is 0 Å². The number of carbonyl (C=O) groups is 1. The van der Waals surface area contributed by atoms with Gasteiger partial charge in [-0.25, -0.2) is 0 Å². The topological polar surface area (TPSA) is 105 Å². The van der Waals surface area contributed by atoms with Gasteiger partial charge in [-0.1, -0.05) is 35.5 Å². The summed E-state index contributed by atoms with van der Waals surface area (Å²) in [6, 6.07) is 18.2. The minimum absolute atomic E-state index is 0.0691. The molecule has 0 spiro atoms. The molecule has 1 N–H and O–H groups in total. The number of hydrogen-bond donors (Lipinski definition) is 1. The molecule has 1 aliphatic rings. The van der Waals surface area contributed by atoms with E-state index in [0.29, 0.717) is 24.5 Å². The molecule has 36 heavy (non-hydrogen) atoms. The van der Waals surface area contributed by atoms with Gasteiger partial charge in [-0.3, -0.25) is 19.8 Å². The van der Waals surface area contributed by atoms with Gasteiger partial charge in [0.25, 0.3) is 11.6 Å². The summed E-state index contributed by atoms with van der Waals surface area (Å²) >= 11 is 0. The molecular weight excluding hydrogens is 458 g/mol. The van der Waals surface area contributed by atoms with Gasteiger partial charge in [0.1, 0.15) is 11.4 Å². The zero-order valence-corrected chi connectivity index (χ0v) is 20.2. The fourth-order valence-corrected chi connectivity index (χ4v) is 4.65. The van der Waals surface area contributed by atoms with E-state index in [-0.39, 0.29) is 17.2 Å². The van der Waals surface area contributed by atoms with Crippen molar-refractivity contribution >= 4 is 33.7 Å². The molecule has 0 bridgehead atoms. The first kappa shape index (κ1) is 23.5. The molecule has 1 aliphatic heterocycles. The van der Waals surface area contributed by atoms with Crippen LogP contribution in [0.3, 0.4) is 0 Å². The second-order valence-corrected chi connectivity index (χ2v) is 9.04. The first-order valence-electron chi connectivity index (χ1n) is 11.9. The van der Waals surface area contributed by atoms with Crippen molar-refractivity contribution in [3.05, 3.63) is 93.4 Å². The normalized spacial score (nSPS) is 14.2. The molecule has 3 aromatic carbocycles. The second-order valence-electron chi connectivity index (χ2n) is 9.04. The van der Waals surface area contributed by atoms with Crippen molar-refractivity contribution in [3.63, 3.8) is 0 Å². The van der Waals surface area contributed by atoms with Gasteiger partial charge < -0.3 is 14.7 Å². The first-order valence-corrected chi connectivity index (χ1v) is 11.9. The van der Waals surface area contributed by atoms with Crippen LogP contribution >= 0.6 is 0 Å². The number of nitrogens with zero attached hydrogens (tertiary/aromatic N) is 4. The number of amides is 1. The standard InChI is InChI=1S/C27H27N5O4/c1-18-24(19(2)36-29-18)17-30-11-13-31(14-12-30)25-10-8-22(16-26(25)32(34)35)27(33)28-23-9-7-20-5-3-4-6-21(20)15-23/h3-10,15-16H,11-14,17H2,1-2H3,(H,28,33). The number of nitro benzene ring substituents is 1. The van der Waals surface area contributed by atoms with Crippen LogP contribution in [0.2, 0.25) is 0 Å². The predicted octanol–water partition coefficient (Wildman–Crippen LogP) is 4.93. The Hall–Kier alpha value is -4.24. The maximum Gasteiger partial charge on any atom is 0.293 e.